The molecular weight excluding hydrogens is 323 g/mol. The zero-order chi connectivity index (χ0) is 12.2. The first-order valence-electron chi connectivity index (χ1n) is 5.51. The van der Waals surface area contributed by atoms with Crippen molar-refractivity contribution >= 4 is 58.0 Å². The van der Waals surface area contributed by atoms with Gasteiger partial charge >= 0.3 is 0 Å². The van der Waals surface area contributed by atoms with Crippen molar-refractivity contribution in [3.05, 3.63) is 22.3 Å². The number of hydrogen-bond donors (Lipinski definition) is 0. The van der Waals surface area contributed by atoms with Crippen LogP contribution >= 0.6 is 58.0 Å². The summed E-state index contributed by atoms with van der Waals surface area (Å²) in [6, 6.07) is 0.188. The van der Waals surface area contributed by atoms with E-state index in [9.17, 15) is 0 Å². The molecule has 1 saturated carbocycles. The summed E-state index contributed by atoms with van der Waals surface area (Å²) < 4.78 is -1.24. The monoisotopic (exact) mass is 329 g/mol. The van der Waals surface area contributed by atoms with E-state index >= 15 is 0 Å². The summed E-state index contributed by atoms with van der Waals surface area (Å²) in [7, 11) is 0. The molecule has 0 amide bonds. The van der Waals surface area contributed by atoms with Gasteiger partial charge in [-0.05, 0) is 18.3 Å². The highest BCUT2D eigenvalue weighted by molar-refractivity contribution is 6.59. The molecule has 5 atom stereocenters. The summed E-state index contributed by atoms with van der Waals surface area (Å²) in [5.41, 5.74) is 0. The second kappa shape index (κ2) is 3.07. The van der Waals surface area contributed by atoms with Gasteiger partial charge in [-0.15, -0.1) is 11.6 Å². The molecule has 4 aliphatic rings. The molecule has 17 heavy (non-hydrogen) atoms. The van der Waals surface area contributed by atoms with E-state index in [0.29, 0.717) is 22.0 Å². The predicted molar refractivity (Wildman–Crippen MR) is 71.6 cm³/mol. The topological polar surface area (TPSA) is 3.24 Å². The highest BCUT2D eigenvalue weighted by atomic mass is 35.5. The third kappa shape index (κ3) is 0.984. The SMILES string of the molecule is ClC1=C(Cl)C2(Cl)C3C4C=CC(C4)C3N1C2(Cl)Cl. The van der Waals surface area contributed by atoms with Gasteiger partial charge in [-0.2, -0.15) is 0 Å². The predicted octanol–water partition coefficient (Wildman–Crippen LogP) is 4.26. The minimum atomic E-state index is -1.24. The van der Waals surface area contributed by atoms with Gasteiger partial charge in [0, 0.05) is 12.0 Å². The Hall–Kier alpha value is 0.730. The van der Waals surface area contributed by atoms with E-state index in [1.165, 1.54) is 0 Å². The van der Waals surface area contributed by atoms with E-state index in [4.69, 9.17) is 58.0 Å². The molecule has 2 heterocycles. The van der Waals surface area contributed by atoms with E-state index in [-0.39, 0.29) is 12.0 Å². The van der Waals surface area contributed by atoms with Crippen molar-refractivity contribution in [2.24, 2.45) is 17.8 Å². The summed E-state index contributed by atoms with van der Waals surface area (Å²) in [5.74, 6) is 0.994. The lowest BCUT2D eigenvalue weighted by Gasteiger charge is -2.35. The summed E-state index contributed by atoms with van der Waals surface area (Å²) in [5, 5.41) is 0.807. The van der Waals surface area contributed by atoms with Crippen LogP contribution in [0.15, 0.2) is 22.3 Å². The third-order valence-corrected chi connectivity index (χ3v) is 7.54. The molecule has 1 saturated heterocycles. The van der Waals surface area contributed by atoms with Gasteiger partial charge in [0.2, 0.25) is 4.46 Å². The Labute approximate surface area is 124 Å². The Balaban J connectivity index is 1.97. The summed E-state index contributed by atoms with van der Waals surface area (Å²) in [4.78, 5) is 0.843. The second-order valence-electron chi connectivity index (χ2n) is 5.19. The van der Waals surface area contributed by atoms with Gasteiger partial charge in [0.25, 0.3) is 0 Å². The number of fused-ring (bicyclic) bond motifs is 9. The number of alkyl halides is 3. The van der Waals surface area contributed by atoms with Crippen molar-refractivity contribution in [1.29, 1.82) is 0 Å². The lowest BCUT2D eigenvalue weighted by atomic mass is 9.80. The van der Waals surface area contributed by atoms with Gasteiger partial charge in [-0.1, -0.05) is 58.6 Å². The Bertz CT molecular complexity index is 484. The molecule has 0 spiro atoms. The highest BCUT2D eigenvalue weighted by Crippen LogP contribution is 2.73. The maximum atomic E-state index is 6.72. The number of halogens is 5. The molecule has 2 aliphatic carbocycles. The smallest absolute Gasteiger partial charge is 0.216 e. The first-order valence-corrected chi connectivity index (χ1v) is 7.40. The van der Waals surface area contributed by atoms with E-state index in [2.05, 4.69) is 12.2 Å². The molecule has 92 valence electrons. The third-order valence-electron chi connectivity index (χ3n) is 4.63. The Morgan fingerprint density at radius 2 is 1.76 bits per heavy atom. The van der Waals surface area contributed by atoms with Crippen LogP contribution in [0.5, 0.6) is 0 Å². The van der Waals surface area contributed by atoms with Crippen molar-refractivity contribution in [3.8, 4) is 0 Å². The number of allylic oxidation sites excluding steroid dienone is 1. The maximum absolute atomic E-state index is 6.72. The van der Waals surface area contributed by atoms with E-state index < -0.39 is 9.33 Å². The largest absolute Gasteiger partial charge is 0.324 e. The normalized spacial score (nSPS) is 52.9. The van der Waals surface area contributed by atoms with Gasteiger partial charge in [-0.3, -0.25) is 0 Å². The minimum absolute atomic E-state index is 0.157. The first-order chi connectivity index (χ1) is 7.90. The molecule has 0 aromatic rings. The van der Waals surface area contributed by atoms with Crippen LogP contribution in [-0.4, -0.2) is 20.3 Å². The Kier molecular flexibility index (Phi) is 2.08. The van der Waals surface area contributed by atoms with Crippen molar-refractivity contribution < 1.29 is 0 Å². The second-order valence-corrected chi connectivity index (χ2v) is 7.81. The average molecular weight is 331 g/mol. The zero-order valence-electron chi connectivity index (χ0n) is 8.51. The van der Waals surface area contributed by atoms with Crippen LogP contribution in [-0.2, 0) is 0 Å². The molecule has 0 aromatic heterocycles. The van der Waals surface area contributed by atoms with Crippen molar-refractivity contribution in [2.45, 2.75) is 21.8 Å². The van der Waals surface area contributed by atoms with E-state index in [1.54, 1.807) is 0 Å². The first kappa shape index (κ1) is 11.5. The fraction of sp³-hybridized carbons (Fsp3) is 0.636. The number of hydrogen-bond acceptors (Lipinski definition) is 1. The Morgan fingerprint density at radius 3 is 2.47 bits per heavy atom. The molecular formula is C11H8Cl5N. The van der Waals surface area contributed by atoms with Crippen LogP contribution < -0.4 is 0 Å². The number of nitrogens with zero attached hydrogens (tertiary/aromatic N) is 1. The van der Waals surface area contributed by atoms with Gasteiger partial charge < -0.3 is 4.90 Å². The lowest BCUT2D eigenvalue weighted by Crippen LogP contribution is -2.43. The summed E-state index contributed by atoms with van der Waals surface area (Å²) >= 11 is 32.1. The molecule has 1 nitrogen and oxygen atoms in total. The van der Waals surface area contributed by atoms with Crippen molar-refractivity contribution in [2.75, 3.05) is 0 Å². The van der Waals surface area contributed by atoms with E-state index in [0.717, 1.165) is 6.42 Å². The number of rotatable bonds is 0. The maximum Gasteiger partial charge on any atom is 0.216 e. The van der Waals surface area contributed by atoms with Gasteiger partial charge in [0.15, 0.2) is 0 Å². The lowest BCUT2D eigenvalue weighted by molar-refractivity contribution is 0.246. The van der Waals surface area contributed by atoms with Crippen LogP contribution in [0.3, 0.4) is 0 Å². The van der Waals surface area contributed by atoms with Crippen LogP contribution in [0.2, 0.25) is 0 Å². The highest BCUT2D eigenvalue weighted by Gasteiger charge is 2.78. The quantitative estimate of drug-likeness (QED) is 0.364. The van der Waals surface area contributed by atoms with Crippen LogP contribution in [0.4, 0.5) is 0 Å². The van der Waals surface area contributed by atoms with Crippen LogP contribution in [0.25, 0.3) is 0 Å². The zero-order valence-corrected chi connectivity index (χ0v) is 12.3. The minimum Gasteiger partial charge on any atom is -0.324 e. The van der Waals surface area contributed by atoms with Crippen molar-refractivity contribution in [3.63, 3.8) is 0 Å². The molecule has 2 fully saturated rings. The van der Waals surface area contributed by atoms with Gasteiger partial charge in [-0.25, -0.2) is 0 Å². The molecule has 4 bridgehead atoms. The summed E-state index contributed by atoms with van der Waals surface area (Å²) in [6.07, 6.45) is 5.52. The van der Waals surface area contributed by atoms with Crippen LogP contribution in [0, 0.1) is 17.8 Å². The molecule has 5 unspecified atom stereocenters. The van der Waals surface area contributed by atoms with Gasteiger partial charge in [0.1, 0.15) is 10.0 Å². The van der Waals surface area contributed by atoms with Gasteiger partial charge in [0.05, 0.1) is 5.03 Å². The van der Waals surface area contributed by atoms with Crippen LogP contribution in [0.1, 0.15) is 6.42 Å². The molecule has 6 heteroatoms. The Morgan fingerprint density at radius 1 is 1.12 bits per heavy atom. The summed E-state index contributed by atoms with van der Waals surface area (Å²) in [6.45, 7) is 0. The molecule has 4 rings (SSSR count). The fourth-order valence-electron chi connectivity index (χ4n) is 4.03. The molecule has 0 N–H and O–H groups in total. The molecule has 2 aliphatic heterocycles. The molecule has 0 radical (unpaired) electrons. The standard InChI is InChI=1S/C11H8Cl5N/c12-8-9(13)17-7-5-2-1-4(3-5)6(7)10(8,14)11(17,15)16/h1-2,4-7H,3H2. The van der Waals surface area contributed by atoms with E-state index in [1.807, 2.05) is 4.90 Å². The molecule has 0 aromatic carbocycles. The fourth-order valence-corrected chi connectivity index (χ4v) is 6.31. The average Bonchev–Trinajstić information content (AvgIpc) is 2.92. The van der Waals surface area contributed by atoms with Crippen molar-refractivity contribution in [1.82, 2.24) is 4.90 Å².